The van der Waals surface area contributed by atoms with Gasteiger partial charge in [0.05, 0.1) is 14.5 Å². The van der Waals surface area contributed by atoms with Gasteiger partial charge in [0.25, 0.3) is 5.91 Å². The zero-order chi connectivity index (χ0) is 29.1. The number of piperidine rings is 1. The summed E-state index contributed by atoms with van der Waals surface area (Å²) in [5.74, 6) is -1.34. The molecule has 1 fully saturated rings. The summed E-state index contributed by atoms with van der Waals surface area (Å²) in [6.45, 7) is 9.20. The molecule has 0 N–H and O–H groups in total. The molecule has 38 heavy (non-hydrogen) atoms. The van der Waals surface area contributed by atoms with Crippen LogP contribution < -0.4 is 4.74 Å². The first-order valence-corrected chi connectivity index (χ1v) is 15.5. The number of benzene rings is 2. The molecule has 0 atom stereocenters. The maximum absolute atomic E-state index is 13.4. The van der Waals surface area contributed by atoms with Crippen molar-refractivity contribution in [1.82, 2.24) is 4.90 Å². The molecule has 0 saturated carbocycles. The summed E-state index contributed by atoms with van der Waals surface area (Å²) in [5, 5.41) is 0. The average Bonchev–Trinajstić information content (AvgIpc) is 2.83. The topological polar surface area (TPSA) is 97.8 Å². The van der Waals surface area contributed by atoms with Crippen molar-refractivity contribution in [3.63, 3.8) is 0 Å². The number of likely N-dealkylation sites (tertiary alicyclic amines) is 1. The first kappa shape index (κ1) is 31.6. The van der Waals surface area contributed by atoms with Gasteiger partial charge in [0.2, 0.25) is 0 Å². The quantitative estimate of drug-likeness (QED) is 0.454. The highest BCUT2D eigenvalue weighted by Crippen LogP contribution is 2.39. The molecule has 0 unspecified atom stereocenters. The van der Waals surface area contributed by atoms with Crippen LogP contribution in [-0.4, -0.2) is 58.1 Å². The predicted octanol–water partition coefficient (Wildman–Crippen LogP) is 5.43. The van der Waals surface area contributed by atoms with Crippen molar-refractivity contribution in [2.75, 3.05) is 19.3 Å². The highest BCUT2D eigenvalue weighted by atomic mass is 32.2. The number of ether oxygens (including phenoxy) is 1. The van der Waals surface area contributed by atoms with Crippen LogP contribution in [0.1, 0.15) is 56.5 Å². The van der Waals surface area contributed by atoms with Crippen molar-refractivity contribution in [3.05, 3.63) is 53.6 Å². The van der Waals surface area contributed by atoms with Crippen molar-refractivity contribution in [2.24, 2.45) is 5.92 Å². The lowest BCUT2D eigenvalue weighted by atomic mass is 9.85. The van der Waals surface area contributed by atoms with Gasteiger partial charge < -0.3 is 9.64 Å². The van der Waals surface area contributed by atoms with Crippen LogP contribution in [0, 0.1) is 12.8 Å². The molecule has 0 aliphatic carbocycles. The molecule has 12 heteroatoms. The molecule has 0 spiro atoms. The molecular weight excluding hydrogens is 543 g/mol. The molecule has 1 amide bonds. The Balaban J connectivity index is 0.00000247. The molecule has 7 nitrogen and oxygen atoms in total. The van der Waals surface area contributed by atoms with E-state index in [1.54, 1.807) is 24.0 Å². The summed E-state index contributed by atoms with van der Waals surface area (Å²) in [6, 6.07) is 8.80. The van der Waals surface area contributed by atoms with Crippen molar-refractivity contribution in [3.8, 4) is 5.75 Å². The summed E-state index contributed by atoms with van der Waals surface area (Å²) in [4.78, 5) is 14.4. The van der Waals surface area contributed by atoms with Gasteiger partial charge in [-0.1, -0.05) is 26.0 Å². The van der Waals surface area contributed by atoms with Gasteiger partial charge in [-0.2, -0.15) is 0 Å². The standard InChI is InChI=1S/C24H28F3NO6S2.C2H6/c1-16-8-9-17(14-21(16)35(4,30)31)22(29)28-12-10-18(11-13-28)23(2,3)36(32,33)20-7-5-6-19(15-20)34-24(25,26)27;1-2/h5-9,14-15,18H,10-13H2,1-4H3;1-2H3. The Hall–Kier alpha value is -2.60. The smallest absolute Gasteiger partial charge is 0.406 e. The fraction of sp³-hybridized carbons (Fsp3) is 0.500. The summed E-state index contributed by atoms with van der Waals surface area (Å²) >= 11 is 0. The molecule has 2 aromatic carbocycles. The highest BCUT2D eigenvalue weighted by molar-refractivity contribution is 7.92. The molecule has 212 valence electrons. The van der Waals surface area contributed by atoms with E-state index in [1.807, 2.05) is 13.8 Å². The minimum Gasteiger partial charge on any atom is -0.406 e. The Labute approximate surface area is 222 Å². The molecule has 0 aromatic heterocycles. The van der Waals surface area contributed by atoms with Crippen molar-refractivity contribution < 1.29 is 39.5 Å². The third-order valence-corrected chi connectivity index (χ3v) is 10.5. The molecular formula is C26H34F3NO6S2. The SMILES string of the molecule is CC.Cc1ccc(C(=O)N2CCC(C(C)(C)S(=O)(=O)c3cccc(OC(F)(F)F)c3)CC2)cc1S(C)(=O)=O. The Morgan fingerprint density at radius 1 is 0.974 bits per heavy atom. The van der Waals surface area contributed by atoms with Crippen LogP contribution in [0.4, 0.5) is 13.2 Å². The van der Waals surface area contributed by atoms with E-state index >= 15 is 0 Å². The number of halogens is 3. The highest BCUT2D eigenvalue weighted by Gasteiger charge is 2.44. The predicted molar refractivity (Wildman–Crippen MR) is 139 cm³/mol. The van der Waals surface area contributed by atoms with Gasteiger partial charge in [0.15, 0.2) is 19.7 Å². The Morgan fingerprint density at radius 3 is 2.08 bits per heavy atom. The van der Waals surface area contributed by atoms with Crippen molar-refractivity contribution in [2.45, 2.75) is 68.4 Å². The lowest BCUT2D eigenvalue weighted by Gasteiger charge is -2.40. The Morgan fingerprint density at radius 2 is 1.55 bits per heavy atom. The van der Waals surface area contributed by atoms with Gasteiger partial charge in [0, 0.05) is 24.9 Å². The lowest BCUT2D eigenvalue weighted by Crippen LogP contribution is -2.47. The number of alkyl halides is 3. The van der Waals surface area contributed by atoms with Gasteiger partial charge in [0.1, 0.15) is 5.75 Å². The minimum atomic E-state index is -4.95. The van der Waals surface area contributed by atoms with E-state index in [1.165, 1.54) is 32.0 Å². The molecule has 1 heterocycles. The largest absolute Gasteiger partial charge is 0.573 e. The first-order valence-electron chi connectivity index (χ1n) is 12.1. The Kier molecular flexibility index (Phi) is 9.69. The summed E-state index contributed by atoms with van der Waals surface area (Å²) in [6.07, 6.45) is -3.18. The van der Waals surface area contributed by atoms with Crippen LogP contribution in [0.5, 0.6) is 5.75 Å². The minimum absolute atomic E-state index is 0.0761. The van der Waals surface area contributed by atoms with E-state index < -0.39 is 36.5 Å². The van der Waals surface area contributed by atoms with Crippen LogP contribution >= 0.6 is 0 Å². The van der Waals surface area contributed by atoms with E-state index in [4.69, 9.17) is 0 Å². The molecule has 0 bridgehead atoms. The monoisotopic (exact) mass is 577 g/mol. The summed E-state index contributed by atoms with van der Waals surface area (Å²) < 4.78 is 91.1. The van der Waals surface area contributed by atoms with E-state index in [9.17, 15) is 34.8 Å². The van der Waals surface area contributed by atoms with E-state index in [0.29, 0.717) is 18.4 Å². The molecule has 1 saturated heterocycles. The average molecular weight is 578 g/mol. The van der Waals surface area contributed by atoms with E-state index in [-0.39, 0.29) is 40.3 Å². The number of carbonyl (C=O) groups excluding carboxylic acids is 1. The normalized spacial score (nSPS) is 15.4. The zero-order valence-corrected chi connectivity index (χ0v) is 23.9. The second kappa shape index (κ2) is 11.6. The number of aryl methyl sites for hydroxylation is 1. The summed E-state index contributed by atoms with van der Waals surface area (Å²) in [7, 11) is -7.56. The number of carbonyl (C=O) groups is 1. The molecule has 1 aliphatic heterocycles. The molecule has 1 aliphatic rings. The van der Waals surface area contributed by atoms with Crippen LogP contribution in [0.25, 0.3) is 0 Å². The number of hydrogen-bond acceptors (Lipinski definition) is 6. The van der Waals surface area contributed by atoms with Crippen molar-refractivity contribution >= 4 is 25.6 Å². The number of rotatable bonds is 6. The number of sulfone groups is 2. The van der Waals surface area contributed by atoms with Gasteiger partial charge >= 0.3 is 6.36 Å². The maximum Gasteiger partial charge on any atom is 0.573 e. The van der Waals surface area contributed by atoms with Crippen LogP contribution in [0.3, 0.4) is 0 Å². The van der Waals surface area contributed by atoms with Gasteiger partial charge in [-0.3, -0.25) is 4.79 Å². The fourth-order valence-electron chi connectivity index (χ4n) is 4.45. The second-order valence-electron chi connectivity index (χ2n) is 9.45. The van der Waals surface area contributed by atoms with Crippen LogP contribution in [0.15, 0.2) is 52.3 Å². The van der Waals surface area contributed by atoms with Gasteiger partial charge in [-0.25, -0.2) is 16.8 Å². The second-order valence-corrected chi connectivity index (χ2v) is 14.0. The third-order valence-electron chi connectivity index (χ3n) is 6.64. The van der Waals surface area contributed by atoms with E-state index in [2.05, 4.69) is 4.74 Å². The first-order chi connectivity index (χ1) is 17.4. The van der Waals surface area contributed by atoms with Gasteiger partial charge in [-0.15, -0.1) is 13.2 Å². The maximum atomic E-state index is 13.4. The van der Waals surface area contributed by atoms with Crippen molar-refractivity contribution in [1.29, 1.82) is 0 Å². The van der Waals surface area contributed by atoms with Gasteiger partial charge in [-0.05, 0) is 75.4 Å². The fourth-order valence-corrected chi connectivity index (χ4v) is 7.26. The van der Waals surface area contributed by atoms with Crippen LogP contribution in [-0.2, 0) is 19.7 Å². The lowest BCUT2D eigenvalue weighted by molar-refractivity contribution is -0.274. The summed E-state index contributed by atoms with van der Waals surface area (Å²) in [5.41, 5.74) is 0.761. The number of nitrogens with zero attached hydrogens (tertiary/aromatic N) is 1. The number of hydrogen-bond donors (Lipinski definition) is 0. The number of amides is 1. The molecule has 0 radical (unpaired) electrons. The third kappa shape index (κ3) is 7.07. The van der Waals surface area contributed by atoms with Crippen LogP contribution in [0.2, 0.25) is 0 Å². The zero-order valence-electron chi connectivity index (χ0n) is 22.3. The molecule has 2 aromatic rings. The Bertz CT molecular complexity index is 1360. The molecule has 3 rings (SSSR count). The van der Waals surface area contributed by atoms with E-state index in [0.717, 1.165) is 18.4 Å².